The van der Waals surface area contributed by atoms with Gasteiger partial charge in [-0.05, 0) is 30.2 Å². The Kier molecular flexibility index (Phi) is 4.03. The number of hydrogen-bond donors (Lipinski definition) is 3. The SMILES string of the molecule is CC1CCCCCC1Nc1nc(NN)nc2sccc12. The average molecular weight is 291 g/mol. The lowest BCUT2D eigenvalue weighted by molar-refractivity contribution is 0.456. The molecule has 0 radical (unpaired) electrons. The Morgan fingerprint density at radius 3 is 2.95 bits per heavy atom. The molecule has 2 heterocycles. The van der Waals surface area contributed by atoms with Crippen molar-refractivity contribution in [3.05, 3.63) is 11.4 Å². The summed E-state index contributed by atoms with van der Waals surface area (Å²) in [6.07, 6.45) is 6.48. The van der Waals surface area contributed by atoms with Crippen LogP contribution in [0.2, 0.25) is 0 Å². The van der Waals surface area contributed by atoms with Crippen molar-refractivity contribution in [1.29, 1.82) is 0 Å². The van der Waals surface area contributed by atoms with E-state index in [9.17, 15) is 0 Å². The number of aromatic nitrogens is 2. The van der Waals surface area contributed by atoms with Crippen LogP contribution >= 0.6 is 11.3 Å². The second-order valence-electron chi connectivity index (χ2n) is 5.55. The van der Waals surface area contributed by atoms with Crippen molar-refractivity contribution < 1.29 is 0 Å². The number of nitrogens with two attached hydrogens (primary N) is 1. The standard InChI is InChI=1S/C14H21N5S/c1-9-5-3-2-4-6-11(9)16-12-10-7-8-20-13(10)18-14(17-12)19-15/h7-9,11H,2-6,15H2,1H3,(H2,16,17,18,19). The smallest absolute Gasteiger partial charge is 0.240 e. The van der Waals surface area contributed by atoms with Gasteiger partial charge in [0, 0.05) is 6.04 Å². The first-order chi connectivity index (χ1) is 9.78. The fourth-order valence-electron chi connectivity index (χ4n) is 2.91. The molecule has 0 spiro atoms. The molecule has 5 nitrogen and oxygen atoms in total. The van der Waals surface area contributed by atoms with Crippen LogP contribution in [0.15, 0.2) is 11.4 Å². The first kappa shape index (κ1) is 13.6. The Morgan fingerprint density at radius 1 is 1.25 bits per heavy atom. The summed E-state index contributed by atoms with van der Waals surface area (Å²) in [5.74, 6) is 7.52. The van der Waals surface area contributed by atoms with Crippen LogP contribution in [0.25, 0.3) is 10.2 Å². The summed E-state index contributed by atoms with van der Waals surface area (Å²) in [6.45, 7) is 2.33. The number of nitrogens with zero attached hydrogens (tertiary/aromatic N) is 2. The van der Waals surface area contributed by atoms with E-state index in [1.165, 1.54) is 32.1 Å². The van der Waals surface area contributed by atoms with Gasteiger partial charge in [0.1, 0.15) is 10.6 Å². The molecule has 2 unspecified atom stereocenters. The first-order valence-electron chi connectivity index (χ1n) is 7.26. The van der Waals surface area contributed by atoms with Gasteiger partial charge in [0.25, 0.3) is 0 Å². The van der Waals surface area contributed by atoms with Gasteiger partial charge in [-0.2, -0.15) is 4.98 Å². The Morgan fingerprint density at radius 2 is 2.10 bits per heavy atom. The Hall–Kier alpha value is -1.40. The van der Waals surface area contributed by atoms with Crippen LogP contribution in [-0.2, 0) is 0 Å². The van der Waals surface area contributed by atoms with E-state index >= 15 is 0 Å². The minimum Gasteiger partial charge on any atom is -0.366 e. The van der Waals surface area contributed by atoms with Crippen LogP contribution in [0.3, 0.4) is 0 Å². The van der Waals surface area contributed by atoms with E-state index in [2.05, 4.69) is 33.7 Å². The lowest BCUT2D eigenvalue weighted by Gasteiger charge is -2.23. The largest absolute Gasteiger partial charge is 0.366 e. The number of thiophene rings is 1. The molecule has 1 aliphatic rings. The third-order valence-electron chi connectivity index (χ3n) is 4.14. The summed E-state index contributed by atoms with van der Waals surface area (Å²) in [5, 5.41) is 6.77. The maximum Gasteiger partial charge on any atom is 0.240 e. The van der Waals surface area contributed by atoms with E-state index in [1.54, 1.807) is 11.3 Å². The van der Waals surface area contributed by atoms with E-state index in [1.807, 2.05) is 5.38 Å². The molecule has 4 N–H and O–H groups in total. The minimum absolute atomic E-state index is 0.476. The van der Waals surface area contributed by atoms with Crippen molar-refractivity contribution in [2.45, 2.75) is 45.1 Å². The number of fused-ring (bicyclic) bond motifs is 1. The van der Waals surface area contributed by atoms with Gasteiger partial charge < -0.3 is 5.32 Å². The molecule has 0 bridgehead atoms. The molecule has 0 saturated heterocycles. The van der Waals surface area contributed by atoms with Crippen molar-refractivity contribution in [2.75, 3.05) is 10.7 Å². The third kappa shape index (κ3) is 2.71. The molecule has 0 aromatic carbocycles. The summed E-state index contributed by atoms with van der Waals surface area (Å²) >= 11 is 1.61. The second kappa shape index (κ2) is 5.93. The fraction of sp³-hybridized carbons (Fsp3) is 0.571. The van der Waals surface area contributed by atoms with Gasteiger partial charge in [-0.15, -0.1) is 11.3 Å². The molecule has 20 heavy (non-hydrogen) atoms. The monoisotopic (exact) mass is 291 g/mol. The molecule has 108 valence electrons. The quantitative estimate of drug-likeness (QED) is 0.459. The molecule has 1 aliphatic carbocycles. The van der Waals surface area contributed by atoms with Crippen LogP contribution in [0.1, 0.15) is 39.0 Å². The fourth-order valence-corrected chi connectivity index (χ4v) is 3.68. The maximum atomic E-state index is 5.47. The first-order valence-corrected chi connectivity index (χ1v) is 8.14. The van der Waals surface area contributed by atoms with Crippen LogP contribution in [0.5, 0.6) is 0 Å². The van der Waals surface area contributed by atoms with Gasteiger partial charge in [-0.3, -0.25) is 5.43 Å². The van der Waals surface area contributed by atoms with Gasteiger partial charge in [0.15, 0.2) is 0 Å². The van der Waals surface area contributed by atoms with Crippen molar-refractivity contribution in [1.82, 2.24) is 9.97 Å². The van der Waals surface area contributed by atoms with E-state index in [0.29, 0.717) is 17.9 Å². The van der Waals surface area contributed by atoms with Crippen molar-refractivity contribution >= 4 is 33.3 Å². The molecular formula is C14H21N5S. The van der Waals surface area contributed by atoms with Crippen LogP contribution in [0, 0.1) is 5.92 Å². The van der Waals surface area contributed by atoms with E-state index in [0.717, 1.165) is 16.0 Å². The van der Waals surface area contributed by atoms with Gasteiger partial charge in [-0.25, -0.2) is 10.8 Å². The number of rotatable bonds is 3. The molecule has 0 aliphatic heterocycles. The highest BCUT2D eigenvalue weighted by atomic mass is 32.1. The number of hydrogen-bond acceptors (Lipinski definition) is 6. The summed E-state index contributed by atoms with van der Waals surface area (Å²) in [4.78, 5) is 9.84. The molecule has 2 aromatic rings. The topological polar surface area (TPSA) is 75.9 Å². The molecule has 6 heteroatoms. The Balaban J connectivity index is 1.90. The zero-order valence-electron chi connectivity index (χ0n) is 11.7. The molecule has 1 fully saturated rings. The average Bonchev–Trinajstić information content (AvgIpc) is 2.84. The minimum atomic E-state index is 0.476. The third-order valence-corrected chi connectivity index (χ3v) is 4.94. The van der Waals surface area contributed by atoms with Crippen LogP contribution in [-0.4, -0.2) is 16.0 Å². The zero-order chi connectivity index (χ0) is 13.9. The number of anilines is 2. The molecule has 2 atom stereocenters. The molecule has 0 amide bonds. The van der Waals surface area contributed by atoms with Crippen molar-refractivity contribution in [3.63, 3.8) is 0 Å². The van der Waals surface area contributed by atoms with Crippen molar-refractivity contribution in [2.24, 2.45) is 11.8 Å². The highest BCUT2D eigenvalue weighted by Crippen LogP contribution is 2.30. The number of hydrazine groups is 1. The molecule has 3 rings (SSSR count). The zero-order valence-corrected chi connectivity index (χ0v) is 12.5. The highest BCUT2D eigenvalue weighted by Gasteiger charge is 2.21. The lowest BCUT2D eigenvalue weighted by Crippen LogP contribution is -2.27. The van der Waals surface area contributed by atoms with Crippen LogP contribution < -0.4 is 16.6 Å². The predicted molar refractivity (Wildman–Crippen MR) is 84.9 cm³/mol. The molecular weight excluding hydrogens is 270 g/mol. The lowest BCUT2D eigenvalue weighted by atomic mass is 9.97. The normalized spacial score (nSPS) is 23.5. The predicted octanol–water partition coefficient (Wildman–Crippen LogP) is 3.36. The molecule has 1 saturated carbocycles. The summed E-state index contributed by atoms with van der Waals surface area (Å²) in [7, 11) is 0. The second-order valence-corrected chi connectivity index (χ2v) is 6.44. The van der Waals surface area contributed by atoms with E-state index in [-0.39, 0.29) is 0 Å². The van der Waals surface area contributed by atoms with E-state index < -0.39 is 0 Å². The molecule has 2 aromatic heterocycles. The van der Waals surface area contributed by atoms with Gasteiger partial charge in [0.2, 0.25) is 5.95 Å². The van der Waals surface area contributed by atoms with Crippen LogP contribution in [0.4, 0.5) is 11.8 Å². The van der Waals surface area contributed by atoms with Gasteiger partial charge in [-0.1, -0.05) is 26.2 Å². The number of nitrogens with one attached hydrogen (secondary N) is 2. The van der Waals surface area contributed by atoms with Gasteiger partial charge >= 0.3 is 0 Å². The summed E-state index contributed by atoms with van der Waals surface area (Å²) < 4.78 is 0. The summed E-state index contributed by atoms with van der Waals surface area (Å²) in [5.41, 5.74) is 2.55. The number of nitrogen functional groups attached to an aromatic ring is 1. The highest BCUT2D eigenvalue weighted by molar-refractivity contribution is 7.16. The Labute approximate surface area is 123 Å². The van der Waals surface area contributed by atoms with E-state index in [4.69, 9.17) is 5.84 Å². The summed E-state index contributed by atoms with van der Waals surface area (Å²) in [6, 6.07) is 2.56. The Bertz CT molecular complexity index is 582. The van der Waals surface area contributed by atoms with Crippen molar-refractivity contribution in [3.8, 4) is 0 Å². The van der Waals surface area contributed by atoms with Gasteiger partial charge in [0.05, 0.1) is 5.39 Å². The maximum absolute atomic E-state index is 5.47.